The van der Waals surface area contributed by atoms with Gasteiger partial charge in [0, 0.05) is 43.3 Å². The average molecular weight is 382 g/mol. The number of para-hydroxylation sites is 1. The smallest absolute Gasteiger partial charge is 0.267 e. The second-order valence-corrected chi connectivity index (χ2v) is 7.35. The number of ether oxygens (including phenoxy) is 1. The average Bonchev–Trinajstić information content (AvgIpc) is 3.16. The van der Waals surface area contributed by atoms with E-state index in [4.69, 9.17) is 16.3 Å². The normalized spacial score (nSPS) is 14.9. The van der Waals surface area contributed by atoms with Crippen LogP contribution in [0.15, 0.2) is 71.9 Å². The largest absolute Gasteiger partial charge is 0.439 e. The Hall–Kier alpha value is -2.56. The Kier molecular flexibility index (Phi) is 4.53. The van der Waals surface area contributed by atoms with Crippen molar-refractivity contribution < 1.29 is 9.30 Å². The van der Waals surface area contributed by atoms with E-state index in [0.717, 1.165) is 28.0 Å². The fraction of sp³-hybridized carbons (Fsp3) is 0.0952. The van der Waals surface area contributed by atoms with Crippen molar-refractivity contribution >= 4 is 34.7 Å². The van der Waals surface area contributed by atoms with Gasteiger partial charge in [0.2, 0.25) is 5.69 Å². The standard InChI is InChI=1S/C21H18ClN2OS/c1-15-14-26-21(24(15)17-7-4-3-5-8-17)10-6-9-20-23(2)18-12-11-16(22)13-19(18)25-20/h3-14H,1-2H3/q+1. The number of benzene rings is 2. The van der Waals surface area contributed by atoms with Gasteiger partial charge in [-0.3, -0.25) is 0 Å². The molecule has 0 N–H and O–H groups in total. The van der Waals surface area contributed by atoms with E-state index in [9.17, 15) is 0 Å². The highest BCUT2D eigenvalue weighted by molar-refractivity contribution is 7.10. The predicted molar refractivity (Wildman–Crippen MR) is 108 cm³/mol. The minimum Gasteiger partial charge on any atom is -0.439 e. The van der Waals surface area contributed by atoms with Crippen molar-refractivity contribution in [3.8, 4) is 11.4 Å². The van der Waals surface area contributed by atoms with Crippen molar-refractivity contribution in [3.05, 3.63) is 87.7 Å². The predicted octanol–water partition coefficient (Wildman–Crippen LogP) is 5.37. The first-order chi connectivity index (χ1) is 12.6. The van der Waals surface area contributed by atoms with Gasteiger partial charge in [0.05, 0.1) is 11.1 Å². The van der Waals surface area contributed by atoms with Gasteiger partial charge in [-0.2, -0.15) is 0 Å². The van der Waals surface area contributed by atoms with Gasteiger partial charge in [-0.1, -0.05) is 41.1 Å². The van der Waals surface area contributed by atoms with Gasteiger partial charge >= 0.3 is 0 Å². The van der Waals surface area contributed by atoms with Crippen molar-refractivity contribution in [3.63, 3.8) is 0 Å². The number of rotatable bonds is 3. The van der Waals surface area contributed by atoms with Crippen LogP contribution in [0.4, 0.5) is 5.69 Å². The molecule has 0 unspecified atom stereocenters. The molecule has 0 aliphatic carbocycles. The second-order valence-electron chi connectivity index (χ2n) is 6.02. The minimum atomic E-state index is 0.673. The molecular weight excluding hydrogens is 364 g/mol. The van der Waals surface area contributed by atoms with E-state index >= 15 is 0 Å². The highest BCUT2D eigenvalue weighted by Crippen LogP contribution is 2.39. The topological polar surface area (TPSA) is 16.4 Å². The molecule has 3 aromatic rings. The first-order valence-electron chi connectivity index (χ1n) is 8.28. The third-order valence-corrected chi connectivity index (χ3v) is 5.50. The van der Waals surface area contributed by atoms with Crippen molar-refractivity contribution in [2.24, 2.45) is 0 Å². The Morgan fingerprint density at radius 3 is 2.77 bits per heavy atom. The highest BCUT2D eigenvalue weighted by Gasteiger charge is 2.22. The van der Waals surface area contributed by atoms with Crippen LogP contribution in [0.3, 0.4) is 0 Å². The fourth-order valence-electron chi connectivity index (χ4n) is 2.95. The van der Waals surface area contributed by atoms with Crippen molar-refractivity contribution in [2.75, 3.05) is 11.9 Å². The molecule has 130 valence electrons. The van der Waals surface area contributed by atoms with E-state index in [-0.39, 0.29) is 0 Å². The molecule has 0 saturated carbocycles. The van der Waals surface area contributed by atoms with Gasteiger partial charge < -0.3 is 9.64 Å². The van der Waals surface area contributed by atoms with Gasteiger partial charge in [0.15, 0.2) is 17.3 Å². The van der Waals surface area contributed by atoms with Crippen LogP contribution < -0.4 is 14.2 Å². The molecule has 0 saturated heterocycles. The molecule has 0 spiro atoms. The molecule has 5 heteroatoms. The second kappa shape index (κ2) is 6.98. The lowest BCUT2D eigenvalue weighted by molar-refractivity contribution is -0.599. The molecule has 0 radical (unpaired) electrons. The summed E-state index contributed by atoms with van der Waals surface area (Å²) in [4.78, 5) is 2.01. The van der Waals surface area contributed by atoms with Crippen LogP contribution in [-0.2, 0) is 0 Å². The number of hydrogen-bond acceptors (Lipinski definition) is 3. The zero-order chi connectivity index (χ0) is 18.1. The summed E-state index contributed by atoms with van der Waals surface area (Å²) >= 11 is 7.77. The quantitative estimate of drug-likeness (QED) is 0.567. The zero-order valence-electron chi connectivity index (χ0n) is 14.5. The maximum atomic E-state index is 6.05. The minimum absolute atomic E-state index is 0.673. The Balaban J connectivity index is 1.60. The third kappa shape index (κ3) is 3.14. The summed E-state index contributed by atoms with van der Waals surface area (Å²) in [5, 5.41) is 3.99. The molecule has 1 aliphatic rings. The fourth-order valence-corrected chi connectivity index (χ4v) is 4.02. The lowest BCUT2D eigenvalue weighted by Gasteiger charge is -2.09. The van der Waals surface area contributed by atoms with E-state index in [1.807, 2.05) is 48.4 Å². The molecule has 1 aromatic heterocycles. The molecule has 4 rings (SSSR count). The molecule has 0 bridgehead atoms. The highest BCUT2D eigenvalue weighted by atomic mass is 35.5. The molecular formula is C21H18ClN2OS+. The van der Waals surface area contributed by atoms with Crippen LogP contribution in [0.5, 0.6) is 5.75 Å². The first kappa shape index (κ1) is 16.9. The lowest BCUT2D eigenvalue weighted by atomic mass is 10.3. The molecule has 0 atom stereocenters. The molecule has 3 nitrogen and oxygen atoms in total. The number of anilines is 1. The summed E-state index contributed by atoms with van der Waals surface area (Å²) in [6, 6.07) is 16.0. The first-order valence-corrected chi connectivity index (χ1v) is 9.54. The number of aryl methyl sites for hydroxylation is 1. The van der Waals surface area contributed by atoms with Gasteiger partial charge in [-0.25, -0.2) is 0 Å². The number of allylic oxidation sites excluding steroid dienone is 2. The molecule has 0 amide bonds. The molecule has 2 heterocycles. The SMILES string of the molecule is Cc1csc(/C=C/C=C2\Oc3cc(Cl)ccc3N2C)[n+]1-c1ccccc1. The summed E-state index contributed by atoms with van der Waals surface area (Å²) < 4.78 is 8.15. The maximum absolute atomic E-state index is 6.05. The summed E-state index contributed by atoms with van der Waals surface area (Å²) in [6.45, 7) is 2.12. The van der Waals surface area contributed by atoms with Crippen molar-refractivity contribution in [2.45, 2.75) is 6.92 Å². The van der Waals surface area contributed by atoms with Gasteiger partial charge in [-0.15, -0.1) is 4.57 Å². The summed E-state index contributed by atoms with van der Waals surface area (Å²) in [5.74, 6) is 1.56. The number of thiazole rings is 1. The number of fused-ring (bicyclic) bond motifs is 1. The molecule has 2 aromatic carbocycles. The van der Waals surface area contributed by atoms with Crippen LogP contribution in [-0.4, -0.2) is 7.05 Å². The van der Waals surface area contributed by atoms with Crippen LogP contribution >= 0.6 is 22.9 Å². The summed E-state index contributed by atoms with van der Waals surface area (Å²) in [7, 11) is 1.98. The summed E-state index contributed by atoms with van der Waals surface area (Å²) in [5.41, 5.74) is 3.39. The number of hydrogen-bond donors (Lipinski definition) is 0. The Labute approximate surface area is 162 Å². The number of halogens is 1. The van der Waals surface area contributed by atoms with Crippen molar-refractivity contribution in [1.82, 2.24) is 0 Å². The third-order valence-electron chi connectivity index (χ3n) is 4.24. The number of aromatic nitrogens is 1. The maximum Gasteiger partial charge on any atom is 0.267 e. The van der Waals surface area contributed by atoms with E-state index in [1.54, 1.807) is 11.3 Å². The van der Waals surface area contributed by atoms with E-state index in [1.165, 1.54) is 5.69 Å². The van der Waals surface area contributed by atoms with Crippen molar-refractivity contribution in [1.29, 1.82) is 0 Å². The zero-order valence-corrected chi connectivity index (χ0v) is 16.1. The van der Waals surface area contributed by atoms with Crippen LogP contribution in [0.1, 0.15) is 10.7 Å². The van der Waals surface area contributed by atoms with E-state index in [2.05, 4.69) is 47.2 Å². The van der Waals surface area contributed by atoms with Crippen LogP contribution in [0.25, 0.3) is 11.8 Å². The Morgan fingerprint density at radius 2 is 1.96 bits per heavy atom. The number of nitrogens with zero attached hydrogens (tertiary/aromatic N) is 2. The monoisotopic (exact) mass is 381 g/mol. The van der Waals surface area contributed by atoms with Gasteiger partial charge in [0.1, 0.15) is 0 Å². The summed E-state index contributed by atoms with van der Waals surface area (Å²) in [6.07, 6.45) is 6.09. The molecule has 1 aliphatic heterocycles. The van der Waals surface area contributed by atoms with Gasteiger partial charge in [-0.05, 0) is 24.3 Å². The van der Waals surface area contributed by atoms with E-state index in [0.29, 0.717) is 5.02 Å². The van der Waals surface area contributed by atoms with Crippen LogP contribution in [0, 0.1) is 6.92 Å². The Morgan fingerprint density at radius 1 is 1.15 bits per heavy atom. The van der Waals surface area contributed by atoms with Gasteiger partial charge in [0.25, 0.3) is 5.01 Å². The Bertz CT molecular complexity index is 1010. The van der Waals surface area contributed by atoms with Crippen LogP contribution in [0.2, 0.25) is 5.02 Å². The van der Waals surface area contributed by atoms with E-state index < -0.39 is 0 Å². The lowest BCUT2D eigenvalue weighted by Crippen LogP contribution is -2.34. The molecule has 26 heavy (non-hydrogen) atoms. The molecule has 0 fully saturated rings.